The summed E-state index contributed by atoms with van der Waals surface area (Å²) in [4.78, 5) is 7.57. The number of nitrogens with one attached hydrogen (secondary N) is 1. The number of benzene rings is 2. The minimum absolute atomic E-state index is 0.184. The summed E-state index contributed by atoms with van der Waals surface area (Å²) < 4.78 is 21.9. The molecule has 1 aliphatic heterocycles. The lowest BCUT2D eigenvalue weighted by Crippen LogP contribution is -2.37. The van der Waals surface area contributed by atoms with Crippen LogP contribution in [0, 0.1) is 0 Å². The number of fused-ring (bicyclic) bond motifs is 1. The molecule has 1 saturated heterocycles. The quantitative estimate of drug-likeness (QED) is 0.600. The fourth-order valence-electron chi connectivity index (χ4n) is 3.72. The maximum absolute atomic E-state index is 12.9. The van der Waals surface area contributed by atoms with Gasteiger partial charge in [-0.25, -0.2) is 0 Å². The van der Waals surface area contributed by atoms with E-state index in [4.69, 9.17) is 4.74 Å². The summed E-state index contributed by atoms with van der Waals surface area (Å²) in [6.07, 6.45) is 2.92. The van der Waals surface area contributed by atoms with E-state index in [9.17, 15) is 4.55 Å². The normalized spacial score (nSPS) is 18.4. The highest BCUT2D eigenvalue weighted by molar-refractivity contribution is 7.89. The van der Waals surface area contributed by atoms with Gasteiger partial charge < -0.3 is 9.29 Å². The van der Waals surface area contributed by atoms with Crippen LogP contribution in [0.2, 0.25) is 0 Å². The number of hydrogen-bond donors (Lipinski definition) is 1. The van der Waals surface area contributed by atoms with Gasteiger partial charge in [0.1, 0.15) is 11.3 Å². The third kappa shape index (κ3) is 5.08. The maximum Gasteiger partial charge on any atom is 0.200 e. The number of nitrogens with zero attached hydrogens (tertiary/aromatic N) is 2. The molecule has 0 unspecified atom stereocenters. The Morgan fingerprint density at radius 3 is 2.76 bits per heavy atom. The van der Waals surface area contributed by atoms with Gasteiger partial charge in [-0.1, -0.05) is 30.3 Å². The molecule has 3 aromatic rings. The summed E-state index contributed by atoms with van der Waals surface area (Å²) in [5.41, 5.74) is 2.07. The first-order valence-corrected chi connectivity index (χ1v) is 11.2. The van der Waals surface area contributed by atoms with Crippen molar-refractivity contribution in [1.82, 2.24) is 14.6 Å². The van der Waals surface area contributed by atoms with E-state index in [1.165, 1.54) is 5.56 Å². The molecule has 0 amide bonds. The second kappa shape index (κ2) is 9.13. The van der Waals surface area contributed by atoms with Gasteiger partial charge in [-0.05, 0) is 50.1 Å². The first kappa shape index (κ1) is 20.2. The molecule has 4 rings (SSSR count). The lowest BCUT2D eigenvalue weighted by atomic mass is 10.2. The van der Waals surface area contributed by atoms with Gasteiger partial charge >= 0.3 is 0 Å². The largest absolute Gasteiger partial charge is 0.593 e. The van der Waals surface area contributed by atoms with Gasteiger partial charge in [0.05, 0.1) is 23.5 Å². The van der Waals surface area contributed by atoms with Gasteiger partial charge in [-0.15, -0.1) is 4.72 Å². The van der Waals surface area contributed by atoms with E-state index in [1.807, 2.05) is 56.3 Å². The molecule has 29 heavy (non-hydrogen) atoms. The predicted octanol–water partition coefficient (Wildman–Crippen LogP) is 3.91. The number of hydrogen-bond acceptors (Lipinski definition) is 5. The van der Waals surface area contributed by atoms with Crippen molar-refractivity contribution >= 4 is 22.3 Å². The average molecular weight is 410 g/mol. The first-order valence-electron chi connectivity index (χ1n) is 10.1. The Morgan fingerprint density at radius 1 is 1.17 bits per heavy atom. The van der Waals surface area contributed by atoms with E-state index in [0.29, 0.717) is 0 Å². The van der Waals surface area contributed by atoms with Crippen molar-refractivity contribution in [2.24, 2.45) is 0 Å². The van der Waals surface area contributed by atoms with Gasteiger partial charge in [-0.3, -0.25) is 9.88 Å². The highest BCUT2D eigenvalue weighted by atomic mass is 32.2. The summed E-state index contributed by atoms with van der Waals surface area (Å²) in [6.45, 7) is 6.83. The van der Waals surface area contributed by atoms with E-state index in [2.05, 4.69) is 26.7 Å². The van der Waals surface area contributed by atoms with Crippen molar-refractivity contribution in [1.29, 1.82) is 0 Å². The second-order valence-corrected chi connectivity index (χ2v) is 8.96. The van der Waals surface area contributed by atoms with Crippen LogP contribution in [0.5, 0.6) is 5.75 Å². The summed E-state index contributed by atoms with van der Waals surface area (Å²) in [5, 5.41) is 1.01. The molecule has 0 bridgehead atoms. The van der Waals surface area contributed by atoms with Crippen LogP contribution in [-0.4, -0.2) is 39.7 Å². The van der Waals surface area contributed by atoms with E-state index < -0.39 is 11.4 Å². The number of ether oxygens (including phenoxy) is 1. The Hall–Kier alpha value is -2.12. The Balaban J connectivity index is 1.34. The van der Waals surface area contributed by atoms with Gasteiger partial charge in [-0.2, -0.15) is 0 Å². The monoisotopic (exact) mass is 409 g/mol. The van der Waals surface area contributed by atoms with Crippen LogP contribution in [-0.2, 0) is 17.9 Å². The van der Waals surface area contributed by atoms with Crippen LogP contribution in [0.4, 0.5) is 0 Å². The van der Waals surface area contributed by atoms with Crippen LogP contribution in [0.3, 0.4) is 0 Å². The highest BCUT2D eigenvalue weighted by Gasteiger charge is 2.28. The zero-order valence-electron chi connectivity index (χ0n) is 16.9. The Bertz CT molecular complexity index is 943. The smallest absolute Gasteiger partial charge is 0.200 e. The fraction of sp³-hybridized carbons (Fsp3) is 0.348. The van der Waals surface area contributed by atoms with Gasteiger partial charge in [0.15, 0.2) is 4.90 Å². The zero-order chi connectivity index (χ0) is 20.2. The van der Waals surface area contributed by atoms with Crippen LogP contribution in [0.15, 0.2) is 65.7 Å². The van der Waals surface area contributed by atoms with Gasteiger partial charge in [0, 0.05) is 31.2 Å². The Kier molecular flexibility index (Phi) is 6.35. The van der Waals surface area contributed by atoms with Crippen LogP contribution >= 0.6 is 0 Å². The maximum atomic E-state index is 12.9. The molecule has 1 fully saturated rings. The standard InChI is InChI=1S/C23H27N3O2S/c1-17(2)28-21-10-8-18(9-11-21)15-26-14-12-20(16-26)25-29(27)22-7-3-5-19-6-4-13-24-23(19)22/h3-11,13,17,20,25H,12,14-16H2,1-2H3/t20-,29+/m1/s1. The summed E-state index contributed by atoms with van der Waals surface area (Å²) in [5.74, 6) is 0.906. The lowest BCUT2D eigenvalue weighted by molar-refractivity contribution is 0.242. The summed E-state index contributed by atoms with van der Waals surface area (Å²) in [6, 6.07) is 18.2. The SMILES string of the molecule is CC(C)Oc1ccc(CN2CC[C@@H](N[S@@+]([O-])c3cccc4cccnc34)C2)cc1. The molecular formula is C23H27N3O2S. The van der Waals surface area contributed by atoms with E-state index in [-0.39, 0.29) is 12.1 Å². The number of likely N-dealkylation sites (tertiary alicyclic amines) is 1. The van der Waals surface area contributed by atoms with Crippen molar-refractivity contribution < 1.29 is 9.29 Å². The van der Waals surface area contributed by atoms with Crippen molar-refractivity contribution in [2.45, 2.75) is 43.9 Å². The van der Waals surface area contributed by atoms with Crippen LogP contribution in [0.25, 0.3) is 10.9 Å². The molecule has 5 nitrogen and oxygen atoms in total. The highest BCUT2D eigenvalue weighted by Crippen LogP contribution is 2.23. The fourth-order valence-corrected chi connectivity index (χ4v) is 4.89. The molecule has 1 aromatic heterocycles. The Morgan fingerprint density at radius 2 is 1.97 bits per heavy atom. The van der Waals surface area contributed by atoms with Crippen molar-refractivity contribution in [3.63, 3.8) is 0 Å². The molecule has 1 N–H and O–H groups in total. The minimum Gasteiger partial charge on any atom is -0.593 e. The van der Waals surface area contributed by atoms with E-state index in [0.717, 1.165) is 47.6 Å². The van der Waals surface area contributed by atoms with Gasteiger partial charge in [0.25, 0.3) is 0 Å². The minimum atomic E-state index is -1.27. The molecule has 0 radical (unpaired) electrons. The summed E-state index contributed by atoms with van der Waals surface area (Å²) >= 11 is -1.27. The molecule has 152 valence electrons. The van der Waals surface area contributed by atoms with Crippen molar-refractivity contribution in [3.05, 3.63) is 66.4 Å². The molecule has 0 saturated carbocycles. The van der Waals surface area contributed by atoms with Crippen molar-refractivity contribution in [3.8, 4) is 5.75 Å². The van der Waals surface area contributed by atoms with Crippen LogP contribution in [0.1, 0.15) is 25.8 Å². The lowest BCUT2D eigenvalue weighted by Gasteiger charge is -2.18. The number of para-hydroxylation sites is 1. The average Bonchev–Trinajstić information content (AvgIpc) is 3.15. The number of rotatable bonds is 7. The molecule has 2 atom stereocenters. The third-order valence-electron chi connectivity index (χ3n) is 5.04. The zero-order valence-corrected chi connectivity index (χ0v) is 17.7. The Labute approximate surface area is 175 Å². The number of pyridine rings is 1. The molecular weight excluding hydrogens is 382 g/mol. The molecule has 0 spiro atoms. The second-order valence-electron chi connectivity index (χ2n) is 7.75. The van der Waals surface area contributed by atoms with Crippen LogP contribution < -0.4 is 9.46 Å². The van der Waals surface area contributed by atoms with E-state index in [1.54, 1.807) is 6.20 Å². The summed E-state index contributed by atoms with van der Waals surface area (Å²) in [7, 11) is 0. The van der Waals surface area contributed by atoms with Crippen molar-refractivity contribution in [2.75, 3.05) is 13.1 Å². The molecule has 1 aliphatic rings. The topological polar surface area (TPSA) is 60.5 Å². The molecule has 2 heterocycles. The number of aromatic nitrogens is 1. The molecule has 0 aliphatic carbocycles. The molecule has 2 aromatic carbocycles. The van der Waals surface area contributed by atoms with Gasteiger partial charge in [0.2, 0.25) is 0 Å². The van der Waals surface area contributed by atoms with E-state index >= 15 is 0 Å². The first-order chi connectivity index (χ1) is 14.1. The predicted molar refractivity (Wildman–Crippen MR) is 117 cm³/mol. The molecule has 6 heteroatoms. The third-order valence-corrected chi connectivity index (χ3v) is 6.32.